The Morgan fingerprint density at radius 1 is 1.73 bits per heavy atom. The first-order valence-corrected chi connectivity index (χ1v) is 5.34. The smallest absolute Gasteiger partial charge is 0.225 e. The van der Waals surface area contributed by atoms with Gasteiger partial charge < -0.3 is 20.1 Å². The maximum atomic E-state index is 11.7. The van der Waals surface area contributed by atoms with Crippen LogP contribution in [0.4, 0.5) is 0 Å². The number of carbonyl (C=O) groups is 1. The van der Waals surface area contributed by atoms with Crippen LogP contribution in [-0.4, -0.2) is 61.4 Å². The Bertz CT molecular complexity index is 205. The quantitative estimate of drug-likeness (QED) is 0.646. The van der Waals surface area contributed by atoms with E-state index in [4.69, 9.17) is 9.84 Å². The minimum absolute atomic E-state index is 0.00792. The molecule has 0 aromatic heterocycles. The van der Waals surface area contributed by atoms with Gasteiger partial charge in [-0.05, 0) is 6.92 Å². The van der Waals surface area contributed by atoms with Crippen molar-refractivity contribution in [2.24, 2.45) is 0 Å². The van der Waals surface area contributed by atoms with Gasteiger partial charge in [-0.15, -0.1) is 0 Å². The first-order valence-electron chi connectivity index (χ1n) is 5.34. The van der Waals surface area contributed by atoms with Crippen LogP contribution in [0.15, 0.2) is 0 Å². The van der Waals surface area contributed by atoms with E-state index in [1.807, 2.05) is 6.92 Å². The fourth-order valence-corrected chi connectivity index (χ4v) is 1.46. The van der Waals surface area contributed by atoms with Gasteiger partial charge in [0.1, 0.15) is 0 Å². The molecule has 2 atom stereocenters. The molecule has 0 bridgehead atoms. The number of hydrogen-bond donors (Lipinski definition) is 2. The highest BCUT2D eigenvalue weighted by atomic mass is 16.5. The Balaban J connectivity index is 2.33. The largest absolute Gasteiger partial charge is 0.394 e. The van der Waals surface area contributed by atoms with Crippen LogP contribution in [0.2, 0.25) is 0 Å². The van der Waals surface area contributed by atoms with Gasteiger partial charge in [0.05, 0.1) is 31.8 Å². The number of aliphatic hydroxyl groups excluding tert-OH is 1. The second kappa shape index (κ2) is 6.05. The van der Waals surface area contributed by atoms with Crippen molar-refractivity contribution >= 4 is 5.91 Å². The van der Waals surface area contributed by atoms with E-state index in [0.717, 1.165) is 13.1 Å². The van der Waals surface area contributed by atoms with Crippen molar-refractivity contribution in [3.05, 3.63) is 0 Å². The van der Waals surface area contributed by atoms with E-state index in [1.165, 1.54) is 0 Å². The van der Waals surface area contributed by atoms with Crippen LogP contribution in [0.5, 0.6) is 0 Å². The zero-order valence-electron chi connectivity index (χ0n) is 9.40. The van der Waals surface area contributed by atoms with Crippen molar-refractivity contribution < 1.29 is 14.6 Å². The number of ether oxygens (including phenoxy) is 1. The summed E-state index contributed by atoms with van der Waals surface area (Å²) in [6.07, 6.45) is 0.355. The van der Waals surface area contributed by atoms with Crippen LogP contribution in [0.3, 0.4) is 0 Å². The van der Waals surface area contributed by atoms with Crippen molar-refractivity contribution in [1.29, 1.82) is 0 Å². The standard InChI is InChI=1S/C10H20N2O3/c1-8(7-13)12(2)10(14)5-9-6-11-3-4-15-9/h8-9,11,13H,3-7H2,1-2H3. The molecule has 1 rings (SSSR count). The number of amides is 1. The van der Waals surface area contributed by atoms with Gasteiger partial charge in [-0.25, -0.2) is 0 Å². The topological polar surface area (TPSA) is 61.8 Å². The molecule has 2 N–H and O–H groups in total. The van der Waals surface area contributed by atoms with Crippen molar-refractivity contribution in [3.63, 3.8) is 0 Å². The van der Waals surface area contributed by atoms with Crippen molar-refractivity contribution in [2.75, 3.05) is 33.4 Å². The normalized spacial score (nSPS) is 23.5. The molecule has 1 saturated heterocycles. The van der Waals surface area contributed by atoms with Gasteiger partial charge in [-0.1, -0.05) is 0 Å². The SMILES string of the molecule is CC(CO)N(C)C(=O)CC1CNCCO1. The lowest BCUT2D eigenvalue weighted by atomic mass is 10.2. The lowest BCUT2D eigenvalue weighted by Gasteiger charge is -2.27. The third-order valence-corrected chi connectivity index (χ3v) is 2.73. The van der Waals surface area contributed by atoms with E-state index >= 15 is 0 Å². The molecule has 1 amide bonds. The van der Waals surface area contributed by atoms with Gasteiger partial charge >= 0.3 is 0 Å². The monoisotopic (exact) mass is 216 g/mol. The van der Waals surface area contributed by atoms with E-state index in [9.17, 15) is 4.79 Å². The fraction of sp³-hybridized carbons (Fsp3) is 0.900. The molecule has 0 aliphatic carbocycles. The van der Waals surface area contributed by atoms with Gasteiger partial charge in [0.2, 0.25) is 5.91 Å². The van der Waals surface area contributed by atoms with Crippen LogP contribution >= 0.6 is 0 Å². The molecule has 1 fully saturated rings. The fourth-order valence-electron chi connectivity index (χ4n) is 1.46. The zero-order valence-corrected chi connectivity index (χ0v) is 9.40. The molecule has 0 aromatic rings. The highest BCUT2D eigenvalue weighted by Crippen LogP contribution is 2.06. The average molecular weight is 216 g/mol. The van der Waals surface area contributed by atoms with Crippen LogP contribution in [-0.2, 0) is 9.53 Å². The molecule has 0 spiro atoms. The molecule has 1 heterocycles. The molecule has 0 radical (unpaired) electrons. The molecule has 2 unspecified atom stereocenters. The summed E-state index contributed by atoms with van der Waals surface area (Å²) in [5, 5.41) is 12.1. The Labute approximate surface area is 90.4 Å². The van der Waals surface area contributed by atoms with Crippen LogP contribution in [0, 0.1) is 0 Å². The molecular weight excluding hydrogens is 196 g/mol. The molecule has 0 saturated carbocycles. The molecule has 88 valence electrons. The number of nitrogens with zero attached hydrogens (tertiary/aromatic N) is 1. The third-order valence-electron chi connectivity index (χ3n) is 2.73. The minimum atomic E-state index is -0.131. The number of nitrogens with one attached hydrogen (secondary N) is 1. The highest BCUT2D eigenvalue weighted by molar-refractivity contribution is 5.76. The predicted molar refractivity (Wildman–Crippen MR) is 56.5 cm³/mol. The van der Waals surface area contributed by atoms with Crippen molar-refractivity contribution in [3.8, 4) is 0 Å². The lowest BCUT2D eigenvalue weighted by molar-refractivity contribution is -0.135. The molecule has 1 aliphatic heterocycles. The number of aliphatic hydroxyl groups is 1. The molecular formula is C10H20N2O3. The van der Waals surface area contributed by atoms with Crippen molar-refractivity contribution in [1.82, 2.24) is 10.2 Å². The Morgan fingerprint density at radius 3 is 3.00 bits per heavy atom. The lowest BCUT2D eigenvalue weighted by Crippen LogP contribution is -2.44. The minimum Gasteiger partial charge on any atom is -0.394 e. The average Bonchev–Trinajstić information content (AvgIpc) is 2.28. The van der Waals surface area contributed by atoms with Gasteiger partial charge in [-0.2, -0.15) is 0 Å². The molecule has 1 aliphatic rings. The maximum absolute atomic E-state index is 11.7. The van der Waals surface area contributed by atoms with E-state index in [-0.39, 0.29) is 24.7 Å². The van der Waals surface area contributed by atoms with Crippen molar-refractivity contribution in [2.45, 2.75) is 25.5 Å². The Morgan fingerprint density at radius 2 is 2.47 bits per heavy atom. The predicted octanol–water partition coefficient (Wildman–Crippen LogP) is -0.796. The van der Waals surface area contributed by atoms with Crippen LogP contribution < -0.4 is 5.32 Å². The van der Waals surface area contributed by atoms with E-state index in [1.54, 1.807) is 11.9 Å². The first kappa shape index (κ1) is 12.4. The number of likely N-dealkylation sites (N-methyl/N-ethyl adjacent to an activating group) is 1. The number of morpholine rings is 1. The Hall–Kier alpha value is -0.650. The first-order chi connectivity index (χ1) is 7.15. The maximum Gasteiger partial charge on any atom is 0.225 e. The van der Waals surface area contributed by atoms with E-state index in [2.05, 4.69) is 5.32 Å². The second-order valence-electron chi connectivity index (χ2n) is 3.94. The third kappa shape index (κ3) is 3.77. The summed E-state index contributed by atoms with van der Waals surface area (Å²) in [5.74, 6) is 0.0188. The molecule has 15 heavy (non-hydrogen) atoms. The summed E-state index contributed by atoms with van der Waals surface area (Å²) in [7, 11) is 1.71. The van der Waals surface area contributed by atoms with Crippen LogP contribution in [0.25, 0.3) is 0 Å². The second-order valence-corrected chi connectivity index (χ2v) is 3.94. The van der Waals surface area contributed by atoms with Gasteiger partial charge in [-0.3, -0.25) is 4.79 Å². The number of carbonyl (C=O) groups excluding carboxylic acids is 1. The highest BCUT2D eigenvalue weighted by Gasteiger charge is 2.21. The zero-order chi connectivity index (χ0) is 11.3. The summed E-state index contributed by atoms with van der Waals surface area (Å²) in [4.78, 5) is 13.3. The Kier molecular flexibility index (Phi) is 5.01. The van der Waals surface area contributed by atoms with Crippen LogP contribution in [0.1, 0.15) is 13.3 Å². The number of hydrogen-bond acceptors (Lipinski definition) is 4. The summed E-state index contributed by atoms with van der Waals surface area (Å²) >= 11 is 0. The molecule has 0 aromatic carbocycles. The van der Waals surface area contributed by atoms with E-state index < -0.39 is 0 Å². The van der Waals surface area contributed by atoms with E-state index in [0.29, 0.717) is 13.0 Å². The molecule has 5 heteroatoms. The van der Waals surface area contributed by atoms with Gasteiger partial charge in [0.15, 0.2) is 0 Å². The molecule has 5 nitrogen and oxygen atoms in total. The number of rotatable bonds is 4. The summed E-state index contributed by atoms with van der Waals surface area (Å²) in [5.41, 5.74) is 0. The summed E-state index contributed by atoms with van der Waals surface area (Å²) in [6.45, 7) is 4.06. The summed E-state index contributed by atoms with van der Waals surface area (Å²) < 4.78 is 5.44. The summed E-state index contributed by atoms with van der Waals surface area (Å²) in [6, 6.07) is -0.131. The van der Waals surface area contributed by atoms with Gasteiger partial charge in [0, 0.05) is 20.1 Å². The van der Waals surface area contributed by atoms with Gasteiger partial charge in [0.25, 0.3) is 0 Å².